The number of methoxy groups -OCH3 is 1. The average Bonchev–Trinajstić information content (AvgIpc) is 3.21. The third-order valence-electron chi connectivity index (χ3n) is 4.61. The minimum absolute atomic E-state index is 0.0193. The van der Waals surface area contributed by atoms with Crippen molar-refractivity contribution in [2.75, 3.05) is 33.1 Å². The van der Waals surface area contributed by atoms with E-state index in [0.717, 1.165) is 31.3 Å². The van der Waals surface area contributed by atoms with E-state index >= 15 is 0 Å². The number of benzene rings is 1. The molecule has 1 aromatic rings. The fourth-order valence-corrected chi connectivity index (χ4v) is 3.98. The number of carbonyl (C=O) groups excluding carboxylic acids is 1. The summed E-state index contributed by atoms with van der Waals surface area (Å²) in [6.45, 7) is 6.63. The first-order valence-electron chi connectivity index (χ1n) is 8.90. The maximum absolute atomic E-state index is 11.8. The zero-order chi connectivity index (χ0) is 18.7. The fourth-order valence-electron chi connectivity index (χ4n) is 3.38. The standard InChI is InChI=1S/C19H26N2O4S/c1-12(2)25-16-9-13(18(22)23-3)5-6-15(16)20-19(26-4)21-10-14-7-8-24-17(14)11-21/h5-6,9,12,14,17H,7-8,10-11H2,1-4H3/b20-19-/t14-,17+/m1/s1. The van der Waals surface area contributed by atoms with Gasteiger partial charge in [-0.2, -0.15) is 0 Å². The van der Waals surface area contributed by atoms with E-state index in [1.165, 1.54) is 7.11 Å². The monoisotopic (exact) mass is 378 g/mol. The quantitative estimate of drug-likeness (QED) is 0.455. The van der Waals surface area contributed by atoms with Gasteiger partial charge in [-0.1, -0.05) is 11.8 Å². The second kappa shape index (κ2) is 8.31. The molecule has 0 N–H and O–H groups in total. The van der Waals surface area contributed by atoms with Gasteiger partial charge in [-0.15, -0.1) is 0 Å². The van der Waals surface area contributed by atoms with Crippen molar-refractivity contribution in [3.8, 4) is 5.75 Å². The second-order valence-electron chi connectivity index (χ2n) is 6.80. The van der Waals surface area contributed by atoms with E-state index in [1.54, 1.807) is 23.9 Å². The Morgan fingerprint density at radius 3 is 2.85 bits per heavy atom. The maximum atomic E-state index is 11.8. The van der Waals surface area contributed by atoms with Gasteiger partial charge in [0, 0.05) is 25.6 Å². The number of likely N-dealkylation sites (tertiary alicyclic amines) is 1. The minimum Gasteiger partial charge on any atom is -0.489 e. The first kappa shape index (κ1) is 19.0. The number of thioether (sulfide) groups is 1. The summed E-state index contributed by atoms with van der Waals surface area (Å²) in [7, 11) is 1.37. The molecule has 2 fully saturated rings. The van der Waals surface area contributed by atoms with E-state index in [2.05, 4.69) is 4.90 Å². The lowest BCUT2D eigenvalue weighted by Crippen LogP contribution is -2.28. The summed E-state index contributed by atoms with van der Waals surface area (Å²) in [5.41, 5.74) is 1.17. The molecule has 0 radical (unpaired) electrons. The number of aliphatic imine (C=N–C) groups is 1. The molecule has 0 aromatic heterocycles. The van der Waals surface area contributed by atoms with Gasteiger partial charge in [-0.25, -0.2) is 9.79 Å². The van der Waals surface area contributed by atoms with Crippen molar-refractivity contribution in [1.29, 1.82) is 0 Å². The number of fused-ring (bicyclic) bond motifs is 1. The number of hydrogen-bond acceptors (Lipinski definition) is 6. The Bertz CT molecular complexity index is 680. The van der Waals surface area contributed by atoms with Crippen molar-refractivity contribution >= 4 is 28.6 Å². The summed E-state index contributed by atoms with van der Waals surface area (Å²) < 4.78 is 16.5. The lowest BCUT2D eigenvalue weighted by atomic mass is 10.1. The van der Waals surface area contributed by atoms with Crippen molar-refractivity contribution in [3.05, 3.63) is 23.8 Å². The molecule has 0 aliphatic carbocycles. The molecule has 0 bridgehead atoms. The Balaban J connectivity index is 1.88. The van der Waals surface area contributed by atoms with Crippen molar-refractivity contribution in [3.63, 3.8) is 0 Å². The van der Waals surface area contributed by atoms with Gasteiger partial charge in [-0.3, -0.25) is 0 Å². The first-order valence-corrected chi connectivity index (χ1v) is 10.1. The van der Waals surface area contributed by atoms with Crippen molar-refractivity contribution in [2.45, 2.75) is 32.5 Å². The summed E-state index contributed by atoms with van der Waals surface area (Å²) in [4.78, 5) is 18.9. The van der Waals surface area contributed by atoms with Crippen LogP contribution in [0.2, 0.25) is 0 Å². The summed E-state index contributed by atoms with van der Waals surface area (Å²) in [6, 6.07) is 5.23. The Labute approximate surface area is 158 Å². The van der Waals surface area contributed by atoms with Gasteiger partial charge >= 0.3 is 5.97 Å². The molecule has 6 nitrogen and oxygen atoms in total. The third-order valence-corrected chi connectivity index (χ3v) is 5.33. The van der Waals surface area contributed by atoms with Crippen LogP contribution in [0.25, 0.3) is 0 Å². The van der Waals surface area contributed by atoms with Gasteiger partial charge in [0.2, 0.25) is 0 Å². The van der Waals surface area contributed by atoms with Gasteiger partial charge in [0.1, 0.15) is 11.4 Å². The van der Waals surface area contributed by atoms with E-state index in [9.17, 15) is 4.79 Å². The third kappa shape index (κ3) is 4.15. The molecule has 2 atom stereocenters. The van der Waals surface area contributed by atoms with Crippen LogP contribution in [0.1, 0.15) is 30.6 Å². The molecular formula is C19H26N2O4S. The van der Waals surface area contributed by atoms with Gasteiger partial charge < -0.3 is 19.1 Å². The largest absolute Gasteiger partial charge is 0.489 e. The number of carbonyl (C=O) groups is 1. The topological polar surface area (TPSA) is 60.4 Å². The summed E-state index contributed by atoms with van der Waals surface area (Å²) in [5, 5.41) is 0.947. The molecule has 0 unspecified atom stereocenters. The first-order chi connectivity index (χ1) is 12.5. The Kier molecular flexibility index (Phi) is 6.09. The highest BCUT2D eigenvalue weighted by Gasteiger charge is 2.38. The van der Waals surface area contributed by atoms with Crippen LogP contribution in [-0.4, -0.2) is 61.3 Å². The lowest BCUT2D eigenvalue weighted by Gasteiger charge is -2.21. The van der Waals surface area contributed by atoms with Crippen molar-refractivity contribution < 1.29 is 19.0 Å². The van der Waals surface area contributed by atoms with Crippen molar-refractivity contribution in [1.82, 2.24) is 4.90 Å². The number of ether oxygens (including phenoxy) is 3. The van der Waals surface area contributed by atoms with Crippen LogP contribution >= 0.6 is 11.8 Å². The van der Waals surface area contributed by atoms with Crippen LogP contribution in [0.3, 0.4) is 0 Å². The van der Waals surface area contributed by atoms with Gasteiger partial charge in [-0.05, 0) is 44.7 Å². The molecule has 2 aliphatic heterocycles. The molecular weight excluding hydrogens is 352 g/mol. The van der Waals surface area contributed by atoms with E-state index < -0.39 is 0 Å². The summed E-state index contributed by atoms with van der Waals surface area (Å²) in [5.74, 6) is 0.800. The molecule has 142 valence electrons. The Hall–Kier alpha value is -1.73. The van der Waals surface area contributed by atoms with Gasteiger partial charge in [0.05, 0.1) is 24.9 Å². The van der Waals surface area contributed by atoms with Crippen LogP contribution in [0.15, 0.2) is 23.2 Å². The zero-order valence-electron chi connectivity index (χ0n) is 15.7. The number of rotatable bonds is 4. The number of amidine groups is 1. The van der Waals surface area contributed by atoms with E-state index in [4.69, 9.17) is 19.2 Å². The fraction of sp³-hybridized carbons (Fsp3) is 0.579. The molecule has 0 amide bonds. The molecule has 7 heteroatoms. The highest BCUT2D eigenvalue weighted by Crippen LogP contribution is 2.34. The molecule has 0 saturated carbocycles. The molecule has 2 heterocycles. The van der Waals surface area contributed by atoms with E-state index in [0.29, 0.717) is 29.0 Å². The average molecular weight is 378 g/mol. The van der Waals surface area contributed by atoms with Crippen LogP contribution in [0.5, 0.6) is 5.75 Å². The number of nitrogens with zero attached hydrogens (tertiary/aromatic N) is 2. The highest BCUT2D eigenvalue weighted by molar-refractivity contribution is 8.13. The van der Waals surface area contributed by atoms with Crippen LogP contribution < -0.4 is 4.74 Å². The lowest BCUT2D eigenvalue weighted by molar-refractivity contribution is 0.0600. The summed E-state index contributed by atoms with van der Waals surface area (Å²) in [6.07, 6.45) is 3.45. The number of hydrogen-bond donors (Lipinski definition) is 0. The van der Waals surface area contributed by atoms with Crippen LogP contribution in [-0.2, 0) is 9.47 Å². The molecule has 0 spiro atoms. The zero-order valence-corrected chi connectivity index (χ0v) is 16.5. The summed E-state index contributed by atoms with van der Waals surface area (Å²) >= 11 is 1.62. The number of esters is 1. The molecule has 2 saturated heterocycles. The second-order valence-corrected chi connectivity index (χ2v) is 7.58. The van der Waals surface area contributed by atoms with Gasteiger partial charge in [0.25, 0.3) is 0 Å². The highest BCUT2D eigenvalue weighted by atomic mass is 32.2. The maximum Gasteiger partial charge on any atom is 0.337 e. The van der Waals surface area contributed by atoms with E-state index in [1.807, 2.05) is 26.2 Å². The predicted octanol–water partition coefficient (Wildman–Crippen LogP) is 3.33. The minimum atomic E-state index is -0.385. The molecule has 2 aliphatic rings. The predicted molar refractivity (Wildman–Crippen MR) is 104 cm³/mol. The van der Waals surface area contributed by atoms with Crippen molar-refractivity contribution in [2.24, 2.45) is 10.9 Å². The molecule has 1 aromatic carbocycles. The van der Waals surface area contributed by atoms with E-state index in [-0.39, 0.29) is 12.1 Å². The van der Waals surface area contributed by atoms with Crippen LogP contribution in [0.4, 0.5) is 5.69 Å². The SMILES string of the molecule is COC(=O)c1ccc(/N=C(\SC)N2C[C@H]3CCO[C@H]3C2)c(OC(C)C)c1. The Morgan fingerprint density at radius 2 is 2.19 bits per heavy atom. The Morgan fingerprint density at radius 1 is 1.38 bits per heavy atom. The molecule has 3 rings (SSSR count). The smallest absolute Gasteiger partial charge is 0.337 e. The normalized spacial score (nSPS) is 22.7. The molecule has 26 heavy (non-hydrogen) atoms. The van der Waals surface area contributed by atoms with Crippen LogP contribution in [0, 0.1) is 5.92 Å². The van der Waals surface area contributed by atoms with Gasteiger partial charge in [0.15, 0.2) is 5.17 Å².